The Labute approximate surface area is 111 Å². The molecule has 1 N–H and O–H groups in total. The summed E-state index contributed by atoms with van der Waals surface area (Å²) < 4.78 is 5.17. The van der Waals surface area contributed by atoms with Gasteiger partial charge in [-0.1, -0.05) is 11.6 Å². The highest BCUT2D eigenvalue weighted by Crippen LogP contribution is 2.30. The van der Waals surface area contributed by atoms with Crippen LogP contribution in [0.25, 0.3) is 0 Å². The number of anilines is 1. The van der Waals surface area contributed by atoms with Crippen LogP contribution in [0.1, 0.15) is 25.3 Å². The molecule has 0 aliphatic heterocycles. The Morgan fingerprint density at radius 3 is 2.56 bits per heavy atom. The standard InChI is InChI=1S/C13H16ClNO3/c1-8-6-12(18-3)11(7-10(8)14)15-13(17)5-4-9(2)16/h6-7H,4-5H2,1-3H3,(H,15,17). The number of nitrogens with one attached hydrogen (secondary N) is 1. The van der Waals surface area contributed by atoms with Crippen LogP contribution >= 0.6 is 11.6 Å². The van der Waals surface area contributed by atoms with E-state index in [2.05, 4.69) is 5.32 Å². The summed E-state index contributed by atoms with van der Waals surface area (Å²) in [5, 5.41) is 3.24. The molecule has 0 saturated carbocycles. The van der Waals surface area contributed by atoms with Gasteiger partial charge in [0.25, 0.3) is 0 Å². The van der Waals surface area contributed by atoms with E-state index in [4.69, 9.17) is 16.3 Å². The molecular weight excluding hydrogens is 254 g/mol. The van der Waals surface area contributed by atoms with E-state index in [1.807, 2.05) is 6.92 Å². The zero-order chi connectivity index (χ0) is 13.7. The molecule has 0 bridgehead atoms. The molecule has 1 aromatic rings. The van der Waals surface area contributed by atoms with E-state index in [1.54, 1.807) is 12.1 Å². The van der Waals surface area contributed by atoms with Crippen LogP contribution in [-0.4, -0.2) is 18.8 Å². The van der Waals surface area contributed by atoms with Crippen molar-refractivity contribution in [3.63, 3.8) is 0 Å². The lowest BCUT2D eigenvalue weighted by atomic mass is 10.2. The average Bonchev–Trinajstić information content (AvgIpc) is 2.31. The van der Waals surface area contributed by atoms with Crippen LogP contribution in [0.5, 0.6) is 5.75 Å². The summed E-state index contributed by atoms with van der Waals surface area (Å²) in [6.07, 6.45) is 0.387. The molecule has 0 heterocycles. The van der Waals surface area contributed by atoms with Crippen molar-refractivity contribution in [2.24, 2.45) is 0 Å². The summed E-state index contributed by atoms with van der Waals surface area (Å²) >= 11 is 5.99. The van der Waals surface area contributed by atoms with E-state index in [1.165, 1.54) is 14.0 Å². The maximum atomic E-state index is 11.6. The van der Waals surface area contributed by atoms with E-state index in [9.17, 15) is 9.59 Å². The van der Waals surface area contributed by atoms with Gasteiger partial charge in [-0.15, -0.1) is 0 Å². The number of ketones is 1. The fourth-order valence-corrected chi connectivity index (χ4v) is 1.59. The first-order valence-electron chi connectivity index (χ1n) is 5.57. The number of benzene rings is 1. The highest BCUT2D eigenvalue weighted by molar-refractivity contribution is 6.31. The topological polar surface area (TPSA) is 55.4 Å². The molecule has 4 nitrogen and oxygen atoms in total. The number of halogens is 1. The molecule has 5 heteroatoms. The van der Waals surface area contributed by atoms with Crippen LogP contribution in [0.15, 0.2) is 12.1 Å². The minimum Gasteiger partial charge on any atom is -0.495 e. The first kappa shape index (κ1) is 14.5. The maximum absolute atomic E-state index is 11.6. The third-order valence-corrected chi connectivity index (χ3v) is 2.87. The molecule has 0 aliphatic rings. The Hall–Kier alpha value is -1.55. The van der Waals surface area contributed by atoms with Crippen LogP contribution in [0.3, 0.4) is 0 Å². The third kappa shape index (κ3) is 4.04. The number of ether oxygens (including phenoxy) is 1. The second-order valence-electron chi connectivity index (χ2n) is 4.05. The molecule has 18 heavy (non-hydrogen) atoms. The Balaban J connectivity index is 2.80. The van der Waals surface area contributed by atoms with Crippen molar-refractivity contribution >= 4 is 29.0 Å². The number of hydrogen-bond acceptors (Lipinski definition) is 3. The lowest BCUT2D eigenvalue weighted by Gasteiger charge is -2.12. The van der Waals surface area contributed by atoms with Crippen LogP contribution in [-0.2, 0) is 9.59 Å². The van der Waals surface area contributed by atoms with Crippen LogP contribution in [0, 0.1) is 6.92 Å². The van der Waals surface area contributed by atoms with Gasteiger partial charge >= 0.3 is 0 Å². The fourth-order valence-electron chi connectivity index (χ4n) is 1.42. The molecule has 98 valence electrons. The summed E-state index contributed by atoms with van der Waals surface area (Å²) in [7, 11) is 1.52. The molecule has 0 aromatic heterocycles. The summed E-state index contributed by atoms with van der Waals surface area (Å²) in [6.45, 7) is 3.31. The molecule has 0 atom stereocenters. The summed E-state index contributed by atoms with van der Waals surface area (Å²) in [4.78, 5) is 22.4. The van der Waals surface area contributed by atoms with E-state index < -0.39 is 0 Å². The van der Waals surface area contributed by atoms with Crippen molar-refractivity contribution in [2.75, 3.05) is 12.4 Å². The summed E-state index contributed by atoms with van der Waals surface area (Å²) in [5.41, 5.74) is 1.39. The van der Waals surface area contributed by atoms with Gasteiger partial charge in [0.15, 0.2) is 0 Å². The molecule has 1 rings (SSSR count). The predicted molar refractivity (Wildman–Crippen MR) is 71.3 cm³/mol. The Morgan fingerprint density at radius 2 is 2.00 bits per heavy atom. The van der Waals surface area contributed by atoms with Crippen molar-refractivity contribution in [3.05, 3.63) is 22.7 Å². The minimum absolute atomic E-state index is 0.0148. The average molecular weight is 270 g/mol. The zero-order valence-corrected chi connectivity index (χ0v) is 11.4. The highest BCUT2D eigenvalue weighted by atomic mass is 35.5. The third-order valence-electron chi connectivity index (χ3n) is 2.46. The number of aryl methyl sites for hydroxylation is 1. The van der Waals surface area contributed by atoms with Crippen LogP contribution in [0.2, 0.25) is 5.02 Å². The number of carbonyl (C=O) groups is 2. The first-order valence-corrected chi connectivity index (χ1v) is 5.95. The lowest BCUT2D eigenvalue weighted by molar-refractivity contribution is -0.121. The molecule has 0 unspecified atom stereocenters. The van der Waals surface area contributed by atoms with Gasteiger partial charge in [0.2, 0.25) is 5.91 Å². The number of hydrogen-bond donors (Lipinski definition) is 1. The van der Waals surface area contributed by atoms with Crippen molar-refractivity contribution in [1.29, 1.82) is 0 Å². The molecule has 0 radical (unpaired) electrons. The molecular formula is C13H16ClNO3. The normalized spacial score (nSPS) is 10.0. The monoisotopic (exact) mass is 269 g/mol. The Kier molecular flexibility index (Phi) is 5.16. The number of carbonyl (C=O) groups excluding carboxylic acids is 2. The smallest absolute Gasteiger partial charge is 0.224 e. The Bertz CT molecular complexity index is 472. The van der Waals surface area contributed by atoms with E-state index in [0.717, 1.165) is 5.56 Å². The number of rotatable bonds is 5. The highest BCUT2D eigenvalue weighted by Gasteiger charge is 2.10. The number of Topliss-reactive ketones (excluding diaryl/α,β-unsaturated/α-hetero) is 1. The SMILES string of the molecule is COc1cc(C)c(Cl)cc1NC(=O)CCC(C)=O. The van der Waals surface area contributed by atoms with Crippen molar-refractivity contribution in [2.45, 2.75) is 26.7 Å². The summed E-state index contributed by atoms with van der Waals surface area (Å²) in [5.74, 6) is 0.301. The molecule has 0 aliphatic carbocycles. The second kappa shape index (κ2) is 6.40. The van der Waals surface area contributed by atoms with Gasteiger partial charge in [0.1, 0.15) is 11.5 Å². The molecule has 1 amide bonds. The number of amides is 1. The zero-order valence-electron chi connectivity index (χ0n) is 10.7. The summed E-state index contributed by atoms with van der Waals surface area (Å²) in [6, 6.07) is 3.39. The van der Waals surface area contributed by atoms with Crippen LogP contribution < -0.4 is 10.1 Å². The maximum Gasteiger partial charge on any atom is 0.224 e. The molecule has 1 aromatic carbocycles. The first-order chi connectivity index (χ1) is 8.43. The lowest BCUT2D eigenvalue weighted by Crippen LogP contribution is -2.13. The molecule has 0 spiro atoms. The van der Waals surface area contributed by atoms with E-state index >= 15 is 0 Å². The Morgan fingerprint density at radius 1 is 1.33 bits per heavy atom. The minimum atomic E-state index is -0.233. The van der Waals surface area contributed by atoms with Gasteiger partial charge in [-0.25, -0.2) is 0 Å². The van der Waals surface area contributed by atoms with Gasteiger partial charge in [-0.3, -0.25) is 4.79 Å². The van der Waals surface area contributed by atoms with E-state index in [0.29, 0.717) is 16.5 Å². The fraction of sp³-hybridized carbons (Fsp3) is 0.385. The van der Waals surface area contributed by atoms with Gasteiger partial charge in [-0.2, -0.15) is 0 Å². The van der Waals surface area contributed by atoms with Gasteiger partial charge in [0.05, 0.1) is 12.8 Å². The second-order valence-corrected chi connectivity index (χ2v) is 4.46. The van der Waals surface area contributed by atoms with Crippen molar-refractivity contribution in [3.8, 4) is 5.75 Å². The predicted octanol–water partition coefficient (Wildman–Crippen LogP) is 2.96. The van der Waals surface area contributed by atoms with Gasteiger partial charge in [-0.05, 0) is 31.5 Å². The van der Waals surface area contributed by atoms with Crippen LogP contribution in [0.4, 0.5) is 5.69 Å². The van der Waals surface area contributed by atoms with Gasteiger partial charge < -0.3 is 14.8 Å². The number of methoxy groups -OCH3 is 1. The largest absolute Gasteiger partial charge is 0.495 e. The van der Waals surface area contributed by atoms with Gasteiger partial charge in [0, 0.05) is 17.9 Å². The molecule has 0 saturated heterocycles. The van der Waals surface area contributed by atoms with E-state index in [-0.39, 0.29) is 24.5 Å². The quantitative estimate of drug-likeness (QED) is 0.894. The molecule has 0 fully saturated rings. The van der Waals surface area contributed by atoms with Crippen molar-refractivity contribution in [1.82, 2.24) is 0 Å². The van der Waals surface area contributed by atoms with Crippen molar-refractivity contribution < 1.29 is 14.3 Å².